The molecule has 3 rings (SSSR count). The number of hydrogen-bond donors (Lipinski definition) is 0. The fourth-order valence-electron chi connectivity index (χ4n) is 3.63. The Hall–Kier alpha value is -2.90. The largest absolute Gasteiger partial charge is 0.452 e. The van der Waals surface area contributed by atoms with Crippen molar-refractivity contribution in [2.75, 3.05) is 39.4 Å². The molecular weight excluding hydrogens is 388 g/mol. The van der Waals surface area contributed by atoms with Gasteiger partial charge in [-0.2, -0.15) is 0 Å². The summed E-state index contributed by atoms with van der Waals surface area (Å²) in [5.74, 6) is -1.63. The highest BCUT2D eigenvalue weighted by molar-refractivity contribution is 5.95. The van der Waals surface area contributed by atoms with E-state index < -0.39 is 11.9 Å². The summed E-state index contributed by atoms with van der Waals surface area (Å²) in [6.45, 7) is 2.23. The topological polar surface area (TPSA) is 93.2 Å². The SMILES string of the molecule is O=C(OCC(=O)N1CCCCC1)c1ccc(C(=O)OCC(=O)N2CCCCC2)cc1. The number of likely N-dealkylation sites (tertiary alicyclic amines) is 2. The lowest BCUT2D eigenvalue weighted by molar-refractivity contribution is -0.136. The Bertz CT molecular complexity index is 699. The minimum absolute atomic E-state index is 0.193. The summed E-state index contributed by atoms with van der Waals surface area (Å²) in [4.78, 5) is 51.9. The molecule has 2 heterocycles. The molecule has 30 heavy (non-hydrogen) atoms. The van der Waals surface area contributed by atoms with Gasteiger partial charge < -0.3 is 19.3 Å². The lowest BCUT2D eigenvalue weighted by Gasteiger charge is -2.26. The molecule has 0 aromatic heterocycles. The lowest BCUT2D eigenvalue weighted by atomic mass is 10.1. The van der Waals surface area contributed by atoms with Gasteiger partial charge >= 0.3 is 11.9 Å². The minimum Gasteiger partial charge on any atom is -0.452 e. The van der Waals surface area contributed by atoms with Gasteiger partial charge in [-0.15, -0.1) is 0 Å². The van der Waals surface area contributed by atoms with E-state index in [4.69, 9.17) is 9.47 Å². The average molecular weight is 416 g/mol. The van der Waals surface area contributed by atoms with Crippen LogP contribution in [0.5, 0.6) is 0 Å². The standard InChI is InChI=1S/C22H28N2O6/c25-19(23-11-3-1-4-12-23)15-29-21(27)17-7-9-18(10-8-17)22(28)30-16-20(26)24-13-5-2-6-14-24/h7-10H,1-6,11-16H2. The van der Waals surface area contributed by atoms with Crippen LogP contribution < -0.4 is 0 Å². The summed E-state index contributed by atoms with van der Waals surface area (Å²) in [5.41, 5.74) is 0.477. The van der Waals surface area contributed by atoms with Crippen LogP contribution in [0.15, 0.2) is 24.3 Å². The van der Waals surface area contributed by atoms with Crippen LogP contribution in [0.1, 0.15) is 59.2 Å². The molecule has 162 valence electrons. The van der Waals surface area contributed by atoms with Crippen LogP contribution in [0.2, 0.25) is 0 Å². The molecular formula is C22H28N2O6. The second-order valence-corrected chi connectivity index (χ2v) is 7.61. The maximum atomic E-state index is 12.1. The van der Waals surface area contributed by atoms with Crippen LogP contribution in [0, 0.1) is 0 Å². The molecule has 2 amide bonds. The summed E-state index contributed by atoms with van der Waals surface area (Å²) < 4.78 is 10.2. The van der Waals surface area contributed by atoms with Gasteiger partial charge in [0.15, 0.2) is 13.2 Å². The Kier molecular flexibility index (Phi) is 7.82. The molecule has 0 radical (unpaired) electrons. The molecule has 8 heteroatoms. The summed E-state index contributed by atoms with van der Waals surface area (Å²) >= 11 is 0. The van der Waals surface area contributed by atoms with Crippen LogP contribution >= 0.6 is 0 Å². The van der Waals surface area contributed by atoms with Crippen molar-refractivity contribution in [2.45, 2.75) is 38.5 Å². The van der Waals surface area contributed by atoms with E-state index in [-0.39, 0.29) is 36.2 Å². The normalized spacial score (nSPS) is 16.7. The Morgan fingerprint density at radius 3 is 1.27 bits per heavy atom. The number of esters is 2. The van der Waals surface area contributed by atoms with E-state index in [1.54, 1.807) is 9.80 Å². The summed E-state index contributed by atoms with van der Waals surface area (Å²) in [6.07, 6.45) is 6.12. The molecule has 0 N–H and O–H groups in total. The van der Waals surface area contributed by atoms with Crippen molar-refractivity contribution in [2.24, 2.45) is 0 Å². The predicted molar refractivity (Wildman–Crippen MR) is 108 cm³/mol. The number of carbonyl (C=O) groups excluding carboxylic acids is 4. The average Bonchev–Trinajstić information content (AvgIpc) is 2.81. The molecule has 0 unspecified atom stereocenters. The maximum Gasteiger partial charge on any atom is 0.338 e. The number of nitrogens with zero attached hydrogens (tertiary/aromatic N) is 2. The quantitative estimate of drug-likeness (QED) is 0.659. The molecule has 0 bridgehead atoms. The van der Waals surface area contributed by atoms with E-state index >= 15 is 0 Å². The molecule has 2 saturated heterocycles. The third-order valence-electron chi connectivity index (χ3n) is 5.43. The molecule has 1 aromatic rings. The van der Waals surface area contributed by atoms with Gasteiger partial charge in [-0.3, -0.25) is 9.59 Å². The van der Waals surface area contributed by atoms with Crippen molar-refractivity contribution < 1.29 is 28.7 Å². The second-order valence-electron chi connectivity index (χ2n) is 7.61. The van der Waals surface area contributed by atoms with Gasteiger partial charge in [0.1, 0.15) is 0 Å². The molecule has 2 aliphatic rings. The third kappa shape index (κ3) is 6.05. The first kappa shape index (κ1) is 21.8. The first-order chi connectivity index (χ1) is 14.5. The Morgan fingerprint density at radius 2 is 0.933 bits per heavy atom. The highest BCUT2D eigenvalue weighted by Gasteiger charge is 2.20. The molecule has 2 aliphatic heterocycles. The van der Waals surface area contributed by atoms with Gasteiger partial charge in [0.25, 0.3) is 11.8 Å². The number of piperidine rings is 2. The van der Waals surface area contributed by atoms with Crippen molar-refractivity contribution >= 4 is 23.8 Å². The van der Waals surface area contributed by atoms with Crippen molar-refractivity contribution in [3.8, 4) is 0 Å². The molecule has 0 spiro atoms. The molecule has 2 fully saturated rings. The second kappa shape index (κ2) is 10.8. The fourth-order valence-corrected chi connectivity index (χ4v) is 3.63. The maximum absolute atomic E-state index is 12.1. The minimum atomic E-state index is -0.624. The van der Waals surface area contributed by atoms with Gasteiger partial charge in [-0.05, 0) is 62.8 Å². The summed E-state index contributed by atoms with van der Waals surface area (Å²) in [7, 11) is 0. The van der Waals surface area contributed by atoms with E-state index in [1.807, 2.05) is 0 Å². The van der Waals surface area contributed by atoms with Crippen LogP contribution in [-0.4, -0.2) is 72.9 Å². The monoisotopic (exact) mass is 416 g/mol. The van der Waals surface area contributed by atoms with Gasteiger partial charge in [0, 0.05) is 26.2 Å². The Labute approximate surface area is 176 Å². The summed E-state index contributed by atoms with van der Waals surface area (Å²) in [6, 6.07) is 5.76. The van der Waals surface area contributed by atoms with Gasteiger partial charge in [0.2, 0.25) is 0 Å². The molecule has 0 aliphatic carbocycles. The van der Waals surface area contributed by atoms with E-state index in [2.05, 4.69) is 0 Å². The lowest BCUT2D eigenvalue weighted by Crippen LogP contribution is -2.38. The zero-order valence-electron chi connectivity index (χ0n) is 17.1. The smallest absolute Gasteiger partial charge is 0.338 e. The molecule has 1 aromatic carbocycles. The summed E-state index contributed by atoms with van der Waals surface area (Å²) in [5, 5.41) is 0. The van der Waals surface area contributed by atoms with Crippen LogP contribution in [-0.2, 0) is 19.1 Å². The van der Waals surface area contributed by atoms with Crippen molar-refractivity contribution in [1.82, 2.24) is 9.80 Å². The van der Waals surface area contributed by atoms with Crippen LogP contribution in [0.4, 0.5) is 0 Å². The first-order valence-corrected chi connectivity index (χ1v) is 10.5. The van der Waals surface area contributed by atoms with Gasteiger partial charge in [0.05, 0.1) is 11.1 Å². The third-order valence-corrected chi connectivity index (χ3v) is 5.43. The van der Waals surface area contributed by atoms with Crippen LogP contribution in [0.3, 0.4) is 0 Å². The molecule has 0 atom stereocenters. The van der Waals surface area contributed by atoms with E-state index in [9.17, 15) is 19.2 Å². The Balaban J connectivity index is 1.43. The van der Waals surface area contributed by atoms with E-state index in [1.165, 1.54) is 24.3 Å². The molecule has 0 saturated carbocycles. The predicted octanol–water partition coefficient (Wildman–Crippen LogP) is 2.03. The highest BCUT2D eigenvalue weighted by Crippen LogP contribution is 2.12. The van der Waals surface area contributed by atoms with Crippen molar-refractivity contribution in [3.05, 3.63) is 35.4 Å². The zero-order valence-corrected chi connectivity index (χ0v) is 17.1. The Morgan fingerprint density at radius 1 is 0.600 bits per heavy atom. The fraction of sp³-hybridized carbons (Fsp3) is 0.545. The number of benzene rings is 1. The first-order valence-electron chi connectivity index (χ1n) is 10.5. The molecule has 8 nitrogen and oxygen atoms in total. The van der Waals surface area contributed by atoms with Gasteiger partial charge in [-0.1, -0.05) is 0 Å². The number of ether oxygens (including phenoxy) is 2. The number of rotatable bonds is 6. The van der Waals surface area contributed by atoms with Crippen molar-refractivity contribution in [1.29, 1.82) is 0 Å². The highest BCUT2D eigenvalue weighted by atomic mass is 16.5. The van der Waals surface area contributed by atoms with Gasteiger partial charge in [-0.25, -0.2) is 9.59 Å². The number of hydrogen-bond acceptors (Lipinski definition) is 6. The number of carbonyl (C=O) groups is 4. The number of amides is 2. The zero-order chi connectivity index (χ0) is 21.3. The van der Waals surface area contributed by atoms with E-state index in [0.717, 1.165) is 38.5 Å². The van der Waals surface area contributed by atoms with Crippen molar-refractivity contribution in [3.63, 3.8) is 0 Å². The van der Waals surface area contributed by atoms with E-state index in [0.29, 0.717) is 26.2 Å². The van der Waals surface area contributed by atoms with Crippen LogP contribution in [0.25, 0.3) is 0 Å².